The summed E-state index contributed by atoms with van der Waals surface area (Å²) in [7, 11) is 0. The monoisotopic (exact) mass is 353 g/mol. The molecule has 2 rings (SSSR count). The van der Waals surface area contributed by atoms with Gasteiger partial charge in [-0.15, -0.1) is 0 Å². The quantitative estimate of drug-likeness (QED) is 0.823. The Bertz CT molecular complexity index is 724. The number of hydrogen-bond donors (Lipinski definition) is 2. The molecule has 2 aromatic carbocycles. The molecule has 0 fully saturated rings. The average Bonchev–Trinajstić information content (AvgIpc) is 2.52. The Morgan fingerprint density at radius 3 is 2.54 bits per heavy atom. The van der Waals surface area contributed by atoms with Crippen molar-refractivity contribution in [2.75, 3.05) is 6.54 Å². The minimum absolute atomic E-state index is 0.0160. The van der Waals surface area contributed by atoms with Gasteiger partial charge in [-0.25, -0.2) is 8.78 Å². The molecular formula is C18H20ClF2N2O+. The molecule has 24 heavy (non-hydrogen) atoms. The molecule has 2 aromatic rings. The van der Waals surface area contributed by atoms with Gasteiger partial charge in [0.2, 0.25) is 0 Å². The number of quaternary nitrogens is 1. The van der Waals surface area contributed by atoms with Crippen molar-refractivity contribution in [2.45, 2.75) is 25.9 Å². The first-order valence-electron chi connectivity index (χ1n) is 7.70. The number of nitrogens with one attached hydrogen (secondary N) is 1. The summed E-state index contributed by atoms with van der Waals surface area (Å²) >= 11 is 6.14. The van der Waals surface area contributed by atoms with Gasteiger partial charge in [0.25, 0.3) is 5.91 Å². The van der Waals surface area contributed by atoms with Crippen molar-refractivity contribution >= 4 is 17.5 Å². The van der Waals surface area contributed by atoms with Gasteiger partial charge in [0.05, 0.1) is 6.04 Å². The Labute approximate surface area is 145 Å². The van der Waals surface area contributed by atoms with Gasteiger partial charge in [-0.3, -0.25) is 4.79 Å². The zero-order valence-corrected chi connectivity index (χ0v) is 14.3. The van der Waals surface area contributed by atoms with Crippen LogP contribution < -0.4 is 10.6 Å². The Morgan fingerprint density at radius 2 is 1.88 bits per heavy atom. The highest BCUT2D eigenvalue weighted by molar-refractivity contribution is 6.31. The number of hydrogen-bond acceptors (Lipinski definition) is 1. The first kappa shape index (κ1) is 18.4. The lowest BCUT2D eigenvalue weighted by Crippen LogP contribution is -2.87. The topological polar surface area (TPSA) is 45.7 Å². The summed E-state index contributed by atoms with van der Waals surface area (Å²) in [5.41, 5.74) is 1.20. The summed E-state index contributed by atoms with van der Waals surface area (Å²) in [5, 5.41) is 5.22. The maximum atomic E-state index is 13.7. The summed E-state index contributed by atoms with van der Waals surface area (Å²) in [6.45, 7) is 3.79. The van der Waals surface area contributed by atoms with Crippen LogP contribution in [0, 0.1) is 11.6 Å². The van der Waals surface area contributed by atoms with Gasteiger partial charge in [0.1, 0.15) is 17.7 Å². The van der Waals surface area contributed by atoms with Crippen molar-refractivity contribution in [3.8, 4) is 0 Å². The number of rotatable bonds is 6. The zero-order chi connectivity index (χ0) is 17.7. The molecule has 0 radical (unpaired) electrons. The second kappa shape index (κ2) is 8.22. The van der Waals surface area contributed by atoms with Gasteiger partial charge >= 0.3 is 0 Å². The lowest BCUT2D eigenvalue weighted by Gasteiger charge is -2.16. The number of carbonyl (C=O) groups is 1. The number of halogens is 3. The molecule has 128 valence electrons. The third-order valence-electron chi connectivity index (χ3n) is 3.86. The zero-order valence-electron chi connectivity index (χ0n) is 13.5. The van der Waals surface area contributed by atoms with E-state index < -0.39 is 17.7 Å². The third kappa shape index (κ3) is 4.76. The Morgan fingerprint density at radius 1 is 1.17 bits per heavy atom. The Balaban J connectivity index is 1.90. The highest BCUT2D eigenvalue weighted by atomic mass is 35.5. The van der Waals surface area contributed by atoms with Crippen LogP contribution in [0.5, 0.6) is 0 Å². The van der Waals surface area contributed by atoms with E-state index in [1.165, 1.54) is 12.1 Å². The number of benzene rings is 2. The molecule has 1 amide bonds. The summed E-state index contributed by atoms with van der Waals surface area (Å²) < 4.78 is 26.7. The number of amides is 1. The fourth-order valence-electron chi connectivity index (χ4n) is 2.49. The maximum Gasteiger partial charge on any atom is 0.275 e. The normalized spacial score (nSPS) is 13.4. The maximum absolute atomic E-state index is 13.7. The van der Waals surface area contributed by atoms with E-state index in [-0.39, 0.29) is 24.1 Å². The largest absolute Gasteiger partial charge is 0.345 e. The van der Waals surface area contributed by atoms with E-state index in [0.717, 1.165) is 11.6 Å². The van der Waals surface area contributed by atoms with Crippen LogP contribution >= 0.6 is 11.6 Å². The number of carbonyl (C=O) groups excluding carboxylic acids is 1. The van der Waals surface area contributed by atoms with E-state index in [1.54, 1.807) is 13.0 Å². The molecule has 0 aliphatic carbocycles. The fraction of sp³-hybridized carbons (Fsp3) is 0.278. The second-order valence-corrected chi connectivity index (χ2v) is 6.11. The predicted molar refractivity (Wildman–Crippen MR) is 89.6 cm³/mol. The molecule has 0 aromatic heterocycles. The van der Waals surface area contributed by atoms with Crippen LogP contribution in [-0.2, 0) is 4.79 Å². The standard InChI is InChI=1S/C18H19ClF2N2O/c1-11(14-5-3-4-6-16(14)19)22-10-18(24)23-12(2)15-8-7-13(20)9-17(15)21/h3-9,11-12,22H,10H2,1-2H3,(H,23,24)/p+1/t11-,12+/m0/s1. The van der Waals surface area contributed by atoms with E-state index >= 15 is 0 Å². The lowest BCUT2D eigenvalue weighted by atomic mass is 10.1. The van der Waals surface area contributed by atoms with Gasteiger partial charge in [0.15, 0.2) is 6.54 Å². The molecule has 0 aliphatic rings. The van der Waals surface area contributed by atoms with Crippen LogP contribution in [0.2, 0.25) is 5.02 Å². The molecule has 0 saturated carbocycles. The van der Waals surface area contributed by atoms with Crippen molar-refractivity contribution in [1.29, 1.82) is 0 Å². The van der Waals surface area contributed by atoms with Crippen LogP contribution in [0.3, 0.4) is 0 Å². The number of nitrogens with two attached hydrogens (primary N) is 1. The molecule has 0 saturated heterocycles. The van der Waals surface area contributed by atoms with Gasteiger partial charge in [-0.2, -0.15) is 0 Å². The molecule has 3 N–H and O–H groups in total. The molecule has 2 atom stereocenters. The van der Waals surface area contributed by atoms with E-state index in [2.05, 4.69) is 5.32 Å². The second-order valence-electron chi connectivity index (χ2n) is 5.71. The third-order valence-corrected chi connectivity index (χ3v) is 4.20. The van der Waals surface area contributed by atoms with E-state index in [9.17, 15) is 13.6 Å². The highest BCUT2D eigenvalue weighted by Crippen LogP contribution is 2.19. The lowest BCUT2D eigenvalue weighted by molar-refractivity contribution is -0.682. The van der Waals surface area contributed by atoms with Crippen molar-refractivity contribution in [2.24, 2.45) is 0 Å². The van der Waals surface area contributed by atoms with Gasteiger partial charge in [-0.1, -0.05) is 35.9 Å². The highest BCUT2D eigenvalue weighted by Gasteiger charge is 2.17. The van der Waals surface area contributed by atoms with Crippen LogP contribution in [0.15, 0.2) is 42.5 Å². The summed E-state index contributed by atoms with van der Waals surface area (Å²) in [6.07, 6.45) is 0. The summed E-state index contributed by atoms with van der Waals surface area (Å²) in [6, 6.07) is 10.3. The predicted octanol–water partition coefficient (Wildman–Crippen LogP) is 3.12. The summed E-state index contributed by atoms with van der Waals surface area (Å²) in [5.74, 6) is -1.54. The van der Waals surface area contributed by atoms with Crippen molar-refractivity contribution < 1.29 is 18.9 Å². The first-order chi connectivity index (χ1) is 11.4. The molecule has 6 heteroatoms. The average molecular weight is 354 g/mol. The Kier molecular flexibility index (Phi) is 6.29. The molecule has 0 heterocycles. The van der Waals surface area contributed by atoms with Crippen LogP contribution in [0.1, 0.15) is 37.1 Å². The molecule has 0 spiro atoms. The van der Waals surface area contributed by atoms with Crippen molar-refractivity contribution in [1.82, 2.24) is 5.32 Å². The van der Waals surface area contributed by atoms with Gasteiger partial charge < -0.3 is 10.6 Å². The van der Waals surface area contributed by atoms with E-state index in [0.29, 0.717) is 5.02 Å². The minimum atomic E-state index is -0.670. The van der Waals surface area contributed by atoms with E-state index in [4.69, 9.17) is 11.6 Å². The Hall–Kier alpha value is -1.98. The molecule has 0 aliphatic heterocycles. The van der Waals surface area contributed by atoms with E-state index in [1.807, 2.05) is 30.4 Å². The SMILES string of the molecule is C[C@H]([NH2+]CC(=O)N[C@H](C)c1ccc(F)cc1F)c1ccccc1Cl. The van der Waals surface area contributed by atoms with Gasteiger partial charge in [0, 0.05) is 22.2 Å². The van der Waals surface area contributed by atoms with Crippen molar-refractivity contribution in [3.05, 3.63) is 70.2 Å². The van der Waals surface area contributed by atoms with Gasteiger partial charge in [-0.05, 0) is 26.0 Å². The van der Waals surface area contributed by atoms with Crippen LogP contribution in [-0.4, -0.2) is 12.5 Å². The summed E-state index contributed by atoms with van der Waals surface area (Å²) in [4.78, 5) is 12.1. The molecular weight excluding hydrogens is 334 g/mol. The minimum Gasteiger partial charge on any atom is -0.345 e. The van der Waals surface area contributed by atoms with Crippen LogP contribution in [0.4, 0.5) is 8.78 Å². The van der Waals surface area contributed by atoms with Crippen molar-refractivity contribution in [3.63, 3.8) is 0 Å². The molecule has 0 unspecified atom stereocenters. The first-order valence-corrected chi connectivity index (χ1v) is 8.08. The smallest absolute Gasteiger partial charge is 0.275 e. The molecule has 3 nitrogen and oxygen atoms in total. The fourth-order valence-corrected chi connectivity index (χ4v) is 2.79. The molecule has 0 bridgehead atoms. The van der Waals surface area contributed by atoms with Crippen LogP contribution in [0.25, 0.3) is 0 Å².